The summed E-state index contributed by atoms with van der Waals surface area (Å²) in [6.07, 6.45) is 6.28. The van der Waals surface area contributed by atoms with Crippen LogP contribution in [0.25, 0.3) is 0 Å². The molecule has 2 fully saturated rings. The quantitative estimate of drug-likeness (QED) is 0.649. The summed E-state index contributed by atoms with van der Waals surface area (Å²) in [6, 6.07) is 2.34. The molecule has 2 heterocycles. The number of nitrogens with one attached hydrogen (secondary N) is 1. The van der Waals surface area contributed by atoms with Crippen LogP contribution in [-0.2, 0) is 0 Å². The largest absolute Gasteiger partial charge is 0.396 e. The molecule has 2 unspecified atom stereocenters. The highest BCUT2D eigenvalue weighted by Gasteiger charge is 2.37. The zero-order valence-electron chi connectivity index (χ0n) is 9.08. The van der Waals surface area contributed by atoms with Gasteiger partial charge < -0.3 is 15.3 Å². The Bertz CT molecular complexity index is 172. The Morgan fingerprint density at radius 3 is 2.50 bits per heavy atom. The summed E-state index contributed by atoms with van der Waals surface area (Å²) in [5, 5.41) is 12.3. The van der Waals surface area contributed by atoms with Crippen molar-refractivity contribution in [3.63, 3.8) is 0 Å². The van der Waals surface area contributed by atoms with Gasteiger partial charge in [-0.2, -0.15) is 0 Å². The van der Waals surface area contributed by atoms with Crippen LogP contribution in [0.15, 0.2) is 0 Å². The molecular weight excluding hydrogens is 176 g/mol. The van der Waals surface area contributed by atoms with Crippen LogP contribution in [-0.4, -0.2) is 48.3 Å². The Morgan fingerprint density at radius 1 is 1.29 bits per heavy atom. The minimum absolute atomic E-state index is 0.312. The van der Waals surface area contributed by atoms with E-state index >= 15 is 0 Å². The first-order valence-electron chi connectivity index (χ1n) is 5.87. The SMILES string of the molecule is CN1C2CCC1CC(NCCCO)C2. The molecule has 3 heteroatoms. The number of aliphatic hydroxyl groups is 1. The summed E-state index contributed by atoms with van der Waals surface area (Å²) in [4.78, 5) is 2.56. The van der Waals surface area contributed by atoms with Gasteiger partial charge in [-0.25, -0.2) is 0 Å². The van der Waals surface area contributed by atoms with Gasteiger partial charge in [-0.05, 0) is 45.7 Å². The molecule has 2 atom stereocenters. The number of aliphatic hydroxyl groups excluding tert-OH is 1. The minimum Gasteiger partial charge on any atom is -0.396 e. The maximum atomic E-state index is 8.71. The topological polar surface area (TPSA) is 35.5 Å². The molecule has 2 N–H and O–H groups in total. The molecular formula is C11H22N2O. The van der Waals surface area contributed by atoms with Crippen molar-refractivity contribution in [3.05, 3.63) is 0 Å². The molecule has 0 amide bonds. The van der Waals surface area contributed by atoms with Gasteiger partial charge >= 0.3 is 0 Å². The molecule has 0 spiro atoms. The molecule has 0 radical (unpaired) electrons. The summed E-state index contributed by atoms with van der Waals surface area (Å²) in [6.45, 7) is 1.29. The van der Waals surface area contributed by atoms with Crippen molar-refractivity contribution in [2.24, 2.45) is 0 Å². The predicted molar refractivity (Wildman–Crippen MR) is 57.3 cm³/mol. The van der Waals surface area contributed by atoms with Gasteiger partial charge in [-0.15, -0.1) is 0 Å². The van der Waals surface area contributed by atoms with E-state index in [2.05, 4.69) is 17.3 Å². The molecule has 0 saturated carbocycles. The van der Waals surface area contributed by atoms with E-state index in [4.69, 9.17) is 5.11 Å². The normalized spacial score (nSPS) is 37.7. The highest BCUT2D eigenvalue weighted by atomic mass is 16.3. The van der Waals surface area contributed by atoms with Gasteiger partial charge in [-0.1, -0.05) is 0 Å². The Labute approximate surface area is 86.5 Å². The number of hydrogen-bond acceptors (Lipinski definition) is 3. The lowest BCUT2D eigenvalue weighted by atomic mass is 9.98. The summed E-state index contributed by atoms with van der Waals surface area (Å²) in [7, 11) is 2.27. The molecule has 2 aliphatic rings. The van der Waals surface area contributed by atoms with Crippen molar-refractivity contribution in [2.45, 2.75) is 50.2 Å². The fraction of sp³-hybridized carbons (Fsp3) is 1.00. The van der Waals surface area contributed by atoms with Crippen LogP contribution in [0.3, 0.4) is 0 Å². The van der Waals surface area contributed by atoms with E-state index in [1.807, 2.05) is 0 Å². The van der Waals surface area contributed by atoms with Crippen LogP contribution in [0.4, 0.5) is 0 Å². The Hall–Kier alpha value is -0.120. The van der Waals surface area contributed by atoms with E-state index < -0.39 is 0 Å². The van der Waals surface area contributed by atoms with Crippen molar-refractivity contribution in [1.82, 2.24) is 10.2 Å². The predicted octanol–water partition coefficient (Wildman–Crippen LogP) is 0.584. The summed E-state index contributed by atoms with van der Waals surface area (Å²) >= 11 is 0. The molecule has 2 aliphatic heterocycles. The molecule has 0 aromatic heterocycles. The first-order chi connectivity index (χ1) is 6.81. The van der Waals surface area contributed by atoms with Crippen LogP contribution in [0.5, 0.6) is 0 Å². The summed E-state index contributed by atoms with van der Waals surface area (Å²) in [5.74, 6) is 0. The fourth-order valence-electron chi connectivity index (χ4n) is 2.96. The van der Waals surface area contributed by atoms with Gasteiger partial charge in [0.05, 0.1) is 0 Å². The molecule has 3 nitrogen and oxygen atoms in total. The van der Waals surface area contributed by atoms with Crippen LogP contribution in [0.2, 0.25) is 0 Å². The van der Waals surface area contributed by atoms with E-state index in [1.54, 1.807) is 0 Å². The van der Waals surface area contributed by atoms with Crippen molar-refractivity contribution in [1.29, 1.82) is 0 Å². The van der Waals surface area contributed by atoms with Crippen molar-refractivity contribution < 1.29 is 5.11 Å². The minimum atomic E-state index is 0.312. The third-order valence-corrected chi connectivity index (χ3v) is 3.87. The second kappa shape index (κ2) is 4.60. The number of fused-ring (bicyclic) bond motifs is 2. The van der Waals surface area contributed by atoms with Crippen LogP contribution in [0, 0.1) is 0 Å². The first kappa shape index (κ1) is 10.4. The molecule has 0 aromatic rings. The number of piperidine rings is 1. The van der Waals surface area contributed by atoms with E-state index in [-0.39, 0.29) is 0 Å². The zero-order chi connectivity index (χ0) is 9.97. The van der Waals surface area contributed by atoms with E-state index in [0.717, 1.165) is 25.0 Å². The van der Waals surface area contributed by atoms with Crippen molar-refractivity contribution in [2.75, 3.05) is 20.2 Å². The van der Waals surface area contributed by atoms with Gasteiger partial charge in [0.25, 0.3) is 0 Å². The highest BCUT2D eigenvalue weighted by molar-refractivity contribution is 4.95. The van der Waals surface area contributed by atoms with Gasteiger partial charge in [-0.3, -0.25) is 0 Å². The molecule has 2 saturated heterocycles. The molecule has 2 bridgehead atoms. The second-order valence-electron chi connectivity index (χ2n) is 4.75. The number of nitrogens with zero attached hydrogens (tertiary/aromatic N) is 1. The fourth-order valence-corrected chi connectivity index (χ4v) is 2.96. The summed E-state index contributed by atoms with van der Waals surface area (Å²) < 4.78 is 0. The van der Waals surface area contributed by atoms with Gasteiger partial charge in [0.1, 0.15) is 0 Å². The Kier molecular flexibility index (Phi) is 3.42. The van der Waals surface area contributed by atoms with Crippen molar-refractivity contribution in [3.8, 4) is 0 Å². The van der Waals surface area contributed by atoms with Crippen LogP contribution >= 0.6 is 0 Å². The maximum Gasteiger partial charge on any atom is 0.0443 e. The van der Waals surface area contributed by atoms with Crippen LogP contribution in [0.1, 0.15) is 32.1 Å². The lowest BCUT2D eigenvalue weighted by molar-refractivity contribution is 0.147. The Balaban J connectivity index is 1.76. The first-order valence-corrected chi connectivity index (χ1v) is 5.87. The summed E-state index contributed by atoms with van der Waals surface area (Å²) in [5.41, 5.74) is 0. The van der Waals surface area contributed by atoms with E-state index in [1.165, 1.54) is 25.7 Å². The lowest BCUT2D eigenvalue weighted by Gasteiger charge is -2.36. The number of hydrogen-bond donors (Lipinski definition) is 2. The third kappa shape index (κ3) is 2.10. The molecule has 0 aliphatic carbocycles. The molecule has 82 valence electrons. The standard InChI is InChI=1S/C11H22N2O/c1-13-10-3-4-11(13)8-9(7-10)12-5-2-6-14/h9-12,14H,2-8H2,1H3. The monoisotopic (exact) mass is 198 g/mol. The number of rotatable bonds is 4. The third-order valence-electron chi connectivity index (χ3n) is 3.87. The van der Waals surface area contributed by atoms with Gasteiger partial charge in [0, 0.05) is 24.7 Å². The van der Waals surface area contributed by atoms with E-state index in [0.29, 0.717) is 12.6 Å². The van der Waals surface area contributed by atoms with Crippen molar-refractivity contribution >= 4 is 0 Å². The Morgan fingerprint density at radius 2 is 1.93 bits per heavy atom. The smallest absolute Gasteiger partial charge is 0.0443 e. The molecule has 2 rings (SSSR count). The lowest BCUT2D eigenvalue weighted by Crippen LogP contribution is -2.47. The second-order valence-corrected chi connectivity index (χ2v) is 4.75. The van der Waals surface area contributed by atoms with Gasteiger partial charge in [0.15, 0.2) is 0 Å². The van der Waals surface area contributed by atoms with Gasteiger partial charge in [0.2, 0.25) is 0 Å². The molecule has 0 aromatic carbocycles. The van der Waals surface area contributed by atoms with E-state index in [9.17, 15) is 0 Å². The van der Waals surface area contributed by atoms with Crippen LogP contribution < -0.4 is 5.32 Å². The zero-order valence-corrected chi connectivity index (χ0v) is 9.08. The average molecular weight is 198 g/mol. The maximum absolute atomic E-state index is 8.71. The highest BCUT2D eigenvalue weighted by Crippen LogP contribution is 2.33. The average Bonchev–Trinajstić information content (AvgIpc) is 2.41. The molecule has 14 heavy (non-hydrogen) atoms.